The number of aliphatic hydroxyl groups is 4. The molecule has 0 spiro atoms. The molecule has 2 bridgehead atoms. The molecule has 5 N–H and O–H groups in total. The fraction of sp³-hybridized carbons (Fsp3) is 0.444. The Hall–Kier alpha value is -5.25. The summed E-state index contributed by atoms with van der Waals surface area (Å²) in [5.74, 6) is -5.89. The number of amides is 1. The summed E-state index contributed by atoms with van der Waals surface area (Å²) in [7, 11) is 0. The number of fused-ring (bicyclic) bond motifs is 5. The minimum Gasteiger partial charge on any atom is -0.456 e. The first kappa shape index (κ1) is 41.9. The monoisotopic (exact) mass is 811 g/mol. The quantitative estimate of drug-likeness (QED) is 0.120. The van der Waals surface area contributed by atoms with Gasteiger partial charge < -0.3 is 44.7 Å². The number of carbonyl (C=O) groups is 5. The highest BCUT2D eigenvalue weighted by atomic mass is 16.6. The molecule has 3 fully saturated rings. The zero-order chi connectivity index (χ0) is 42.7. The van der Waals surface area contributed by atoms with Gasteiger partial charge in [-0.15, -0.1) is 0 Å². The summed E-state index contributed by atoms with van der Waals surface area (Å²) in [6.45, 7) is 6.89. The molecule has 312 valence electrons. The van der Waals surface area contributed by atoms with Crippen molar-refractivity contribution in [1.29, 1.82) is 0 Å². The molecule has 0 unspecified atom stereocenters. The minimum atomic E-state index is -2.35. The summed E-state index contributed by atoms with van der Waals surface area (Å²) >= 11 is 0. The lowest BCUT2D eigenvalue weighted by Gasteiger charge is -2.67. The summed E-state index contributed by atoms with van der Waals surface area (Å²) in [5, 5.41) is 51.9. The van der Waals surface area contributed by atoms with Crippen LogP contribution in [0.4, 0.5) is 0 Å². The lowest BCUT2D eigenvalue weighted by atomic mass is 9.44. The molecule has 1 amide bonds. The number of rotatable bonds is 9. The van der Waals surface area contributed by atoms with Gasteiger partial charge in [-0.3, -0.25) is 14.4 Å². The number of benzene rings is 3. The molecule has 59 heavy (non-hydrogen) atoms. The number of aliphatic hydroxyl groups excluding tert-OH is 3. The molecule has 3 aliphatic carbocycles. The Balaban J connectivity index is 1.34. The second-order valence-corrected chi connectivity index (χ2v) is 16.8. The van der Waals surface area contributed by atoms with E-state index in [1.807, 2.05) is 0 Å². The van der Waals surface area contributed by atoms with E-state index in [1.165, 1.54) is 26.0 Å². The lowest BCUT2D eigenvalue weighted by molar-refractivity contribution is -0.346. The molecule has 14 heteroatoms. The van der Waals surface area contributed by atoms with Crippen LogP contribution in [-0.4, -0.2) is 104 Å². The van der Waals surface area contributed by atoms with E-state index in [0.29, 0.717) is 5.56 Å². The van der Waals surface area contributed by atoms with Crippen LogP contribution in [0.25, 0.3) is 0 Å². The summed E-state index contributed by atoms with van der Waals surface area (Å²) in [6, 6.07) is 23.1. The number of carbonyl (C=O) groups excluding carboxylic acids is 5. The summed E-state index contributed by atoms with van der Waals surface area (Å²) in [6.07, 6.45) is -10.5. The molecule has 4 aliphatic rings. The number of ketones is 1. The molecule has 3 aromatic carbocycles. The van der Waals surface area contributed by atoms with Crippen LogP contribution in [0.1, 0.15) is 79.8 Å². The van der Waals surface area contributed by atoms with E-state index < -0.39 is 107 Å². The molecule has 2 saturated carbocycles. The van der Waals surface area contributed by atoms with Gasteiger partial charge in [-0.05, 0) is 54.8 Å². The van der Waals surface area contributed by atoms with Crippen molar-refractivity contribution >= 4 is 29.6 Å². The second-order valence-electron chi connectivity index (χ2n) is 16.8. The molecule has 14 nitrogen and oxygen atoms in total. The van der Waals surface area contributed by atoms with Crippen LogP contribution in [0.3, 0.4) is 0 Å². The average molecular weight is 812 g/mol. The van der Waals surface area contributed by atoms with E-state index in [2.05, 4.69) is 5.32 Å². The Labute approximate surface area is 341 Å². The van der Waals surface area contributed by atoms with Crippen molar-refractivity contribution < 1.29 is 63.3 Å². The topological polar surface area (TPSA) is 215 Å². The van der Waals surface area contributed by atoms with Crippen molar-refractivity contribution in [2.24, 2.45) is 16.7 Å². The third-order valence-corrected chi connectivity index (χ3v) is 13.2. The van der Waals surface area contributed by atoms with Gasteiger partial charge in [0.15, 0.2) is 17.5 Å². The largest absolute Gasteiger partial charge is 0.456 e. The van der Waals surface area contributed by atoms with E-state index in [-0.39, 0.29) is 35.3 Å². The van der Waals surface area contributed by atoms with Gasteiger partial charge in [0, 0.05) is 30.7 Å². The van der Waals surface area contributed by atoms with Crippen molar-refractivity contribution in [3.63, 3.8) is 0 Å². The SMILES string of the molecule is CC(=O)O[C@@]12CO[C@@H]1C[C@H](O)[C@@]1(C)C(=O)[C@H](O)C3=C(C)[C@@H](OC(=O)[C@H](O)[C@H](NC(=O)c4ccccc4)c4ccccc4)C[C@@](O)([C@@H](OC(=O)c4ccccc4)[C@H]21)C3(C)C. The summed E-state index contributed by atoms with van der Waals surface area (Å²) in [4.78, 5) is 69.5. The zero-order valence-electron chi connectivity index (χ0n) is 33.4. The van der Waals surface area contributed by atoms with Crippen LogP contribution < -0.4 is 5.32 Å². The third kappa shape index (κ3) is 6.76. The fourth-order valence-electron chi connectivity index (χ4n) is 9.94. The molecule has 1 saturated heterocycles. The van der Waals surface area contributed by atoms with Crippen LogP contribution in [0.5, 0.6) is 0 Å². The Kier molecular flexibility index (Phi) is 10.9. The highest BCUT2D eigenvalue weighted by Gasteiger charge is 2.78. The third-order valence-electron chi connectivity index (χ3n) is 13.2. The predicted octanol–water partition coefficient (Wildman–Crippen LogP) is 3.16. The average Bonchev–Trinajstić information content (AvgIpc) is 3.21. The molecular weight excluding hydrogens is 762 g/mol. The lowest BCUT2D eigenvalue weighted by Crippen LogP contribution is -2.81. The van der Waals surface area contributed by atoms with Crippen molar-refractivity contribution in [2.45, 2.75) is 101 Å². The summed E-state index contributed by atoms with van der Waals surface area (Å²) < 4.78 is 24.2. The van der Waals surface area contributed by atoms with E-state index in [4.69, 9.17) is 18.9 Å². The number of ether oxygens (including phenoxy) is 4. The zero-order valence-corrected chi connectivity index (χ0v) is 33.4. The maximum atomic E-state index is 15.0. The predicted molar refractivity (Wildman–Crippen MR) is 208 cm³/mol. The van der Waals surface area contributed by atoms with Gasteiger partial charge in [-0.1, -0.05) is 80.6 Å². The first-order chi connectivity index (χ1) is 27.9. The first-order valence-electron chi connectivity index (χ1n) is 19.6. The highest BCUT2D eigenvalue weighted by Crippen LogP contribution is 2.64. The Morgan fingerprint density at radius 2 is 1.44 bits per heavy atom. The Morgan fingerprint density at radius 3 is 2.00 bits per heavy atom. The van der Waals surface area contributed by atoms with Crippen molar-refractivity contribution in [1.82, 2.24) is 5.32 Å². The smallest absolute Gasteiger partial charge is 0.338 e. The van der Waals surface area contributed by atoms with E-state index in [9.17, 15) is 44.4 Å². The number of nitrogens with one attached hydrogen (secondary N) is 1. The van der Waals surface area contributed by atoms with Crippen LogP contribution in [0.2, 0.25) is 0 Å². The van der Waals surface area contributed by atoms with Gasteiger partial charge in [0.25, 0.3) is 5.91 Å². The van der Waals surface area contributed by atoms with Gasteiger partial charge in [0.05, 0.1) is 35.6 Å². The van der Waals surface area contributed by atoms with Crippen LogP contribution in [-0.2, 0) is 33.3 Å². The van der Waals surface area contributed by atoms with Gasteiger partial charge in [0.2, 0.25) is 0 Å². The van der Waals surface area contributed by atoms with Gasteiger partial charge in [-0.2, -0.15) is 0 Å². The van der Waals surface area contributed by atoms with Crippen LogP contribution in [0.15, 0.2) is 102 Å². The number of Topliss-reactive ketones (excluding diaryl/α,β-unsaturated/α-hetero) is 1. The molecule has 0 radical (unpaired) electrons. The Morgan fingerprint density at radius 1 is 0.864 bits per heavy atom. The Bertz CT molecular complexity index is 2160. The molecule has 1 aliphatic heterocycles. The maximum Gasteiger partial charge on any atom is 0.338 e. The van der Waals surface area contributed by atoms with Gasteiger partial charge >= 0.3 is 17.9 Å². The summed E-state index contributed by atoms with van der Waals surface area (Å²) in [5.41, 5.74) is -6.86. The molecule has 11 atom stereocenters. The molecule has 0 aromatic heterocycles. The number of hydrogen-bond acceptors (Lipinski definition) is 13. The first-order valence-corrected chi connectivity index (χ1v) is 19.6. The van der Waals surface area contributed by atoms with Crippen LogP contribution >= 0.6 is 0 Å². The van der Waals surface area contributed by atoms with Gasteiger partial charge in [-0.25, -0.2) is 9.59 Å². The van der Waals surface area contributed by atoms with Crippen molar-refractivity contribution in [3.8, 4) is 0 Å². The maximum absolute atomic E-state index is 15.0. The molecular formula is C45H49NO13. The van der Waals surface area contributed by atoms with E-state index >= 15 is 0 Å². The van der Waals surface area contributed by atoms with Crippen LogP contribution in [0, 0.1) is 16.7 Å². The molecule has 3 aromatic rings. The van der Waals surface area contributed by atoms with Crippen molar-refractivity contribution in [3.05, 3.63) is 119 Å². The number of esters is 3. The van der Waals surface area contributed by atoms with Crippen molar-refractivity contribution in [2.75, 3.05) is 6.61 Å². The fourth-order valence-corrected chi connectivity index (χ4v) is 9.94. The van der Waals surface area contributed by atoms with E-state index in [1.54, 1.807) is 92.7 Å². The molecule has 1 heterocycles. The molecule has 7 rings (SSSR count). The number of hydrogen-bond donors (Lipinski definition) is 5. The highest BCUT2D eigenvalue weighted by molar-refractivity contribution is 5.95. The standard InChI is InChI=1S/C45H49NO13/c1-24-29(57-41(54)35(50)33(26-15-9-6-10-16-26)46-39(52)27-17-11-7-12-18-27)22-45(55)38(58-40(53)28-19-13-8-14-20-28)36-43(5,37(51)34(49)32(24)42(45,3)4)30(48)21-31-44(36,23-56-31)59-25(2)47/h6-20,29-31,33-36,38,48-50,55H,21-23H2,1-5H3,(H,46,52)/t29-,30-,31+,33+,34+,35+,36-,38-,43+,44-,45+/m0/s1. The second kappa shape index (κ2) is 15.4. The minimum absolute atomic E-state index is 0.0540. The van der Waals surface area contributed by atoms with E-state index in [0.717, 1.165) is 6.92 Å². The van der Waals surface area contributed by atoms with Gasteiger partial charge in [0.1, 0.15) is 30.0 Å². The normalized spacial score (nSPS) is 33.0.